The summed E-state index contributed by atoms with van der Waals surface area (Å²) in [5.74, 6) is -0.180. The summed E-state index contributed by atoms with van der Waals surface area (Å²) in [6.07, 6.45) is 4.95. The Hall–Kier alpha value is -2.43. The van der Waals surface area contributed by atoms with Gasteiger partial charge >= 0.3 is 0 Å². The van der Waals surface area contributed by atoms with Crippen LogP contribution < -0.4 is 0 Å². The third kappa shape index (κ3) is 4.40. The van der Waals surface area contributed by atoms with Gasteiger partial charge in [-0.1, -0.05) is 44.2 Å². The highest BCUT2D eigenvalue weighted by molar-refractivity contribution is 6.36. The highest BCUT2D eigenvalue weighted by atomic mass is 16.2. The van der Waals surface area contributed by atoms with Gasteiger partial charge < -0.3 is 4.90 Å². The predicted molar refractivity (Wildman–Crippen MR) is 101 cm³/mol. The Morgan fingerprint density at radius 3 is 2.77 bits per heavy atom. The lowest BCUT2D eigenvalue weighted by atomic mass is 9.90. The number of Topliss-reactive ketones (excluding diaryl/α,β-unsaturated/α-hetero) is 1. The summed E-state index contributed by atoms with van der Waals surface area (Å²) in [7, 11) is 0. The van der Waals surface area contributed by atoms with Crippen LogP contribution in [0.1, 0.15) is 55.8 Å². The zero-order chi connectivity index (χ0) is 18.5. The quantitative estimate of drug-likeness (QED) is 0.810. The Morgan fingerprint density at radius 1 is 1.27 bits per heavy atom. The van der Waals surface area contributed by atoms with Crippen molar-refractivity contribution in [3.63, 3.8) is 0 Å². The molecule has 3 rings (SSSR count). The fraction of sp³-hybridized carbons (Fsp3) is 0.476. The molecule has 2 aromatic rings. The van der Waals surface area contributed by atoms with Crippen molar-refractivity contribution in [2.75, 3.05) is 13.1 Å². The van der Waals surface area contributed by atoms with Gasteiger partial charge in [-0.2, -0.15) is 5.10 Å². The Balaban J connectivity index is 1.69. The molecular weight excluding hydrogens is 326 g/mol. The van der Waals surface area contributed by atoms with Crippen LogP contribution in [0.25, 0.3) is 0 Å². The maximum atomic E-state index is 12.5. The van der Waals surface area contributed by atoms with Crippen molar-refractivity contribution in [2.45, 2.75) is 45.4 Å². The second-order valence-electron chi connectivity index (χ2n) is 7.58. The van der Waals surface area contributed by atoms with E-state index in [4.69, 9.17) is 0 Å². The van der Waals surface area contributed by atoms with Gasteiger partial charge in [-0.05, 0) is 29.9 Å². The van der Waals surface area contributed by atoms with Gasteiger partial charge in [-0.3, -0.25) is 14.7 Å². The monoisotopic (exact) mass is 353 g/mol. The molecule has 0 bridgehead atoms. The van der Waals surface area contributed by atoms with Crippen LogP contribution in [0, 0.1) is 5.92 Å². The van der Waals surface area contributed by atoms with Crippen LogP contribution in [-0.2, 0) is 16.0 Å². The number of carbonyl (C=O) groups is 2. The molecule has 1 aliphatic rings. The molecule has 2 heterocycles. The number of hydrogen-bond donors (Lipinski definition) is 1. The smallest absolute Gasteiger partial charge is 0.289 e. The molecule has 1 atom stereocenters. The second kappa shape index (κ2) is 8.30. The van der Waals surface area contributed by atoms with E-state index in [1.807, 2.05) is 38.2 Å². The molecule has 1 N–H and O–H groups in total. The lowest BCUT2D eigenvalue weighted by Gasteiger charge is -2.32. The number of benzene rings is 1. The van der Waals surface area contributed by atoms with Gasteiger partial charge in [0.05, 0.1) is 6.20 Å². The molecule has 5 nitrogen and oxygen atoms in total. The van der Waals surface area contributed by atoms with Crippen LogP contribution in [-0.4, -0.2) is 39.9 Å². The molecule has 26 heavy (non-hydrogen) atoms. The van der Waals surface area contributed by atoms with Gasteiger partial charge in [0.1, 0.15) is 0 Å². The molecule has 5 heteroatoms. The number of H-pyrrole nitrogens is 1. The maximum Gasteiger partial charge on any atom is 0.289 e. The van der Waals surface area contributed by atoms with Gasteiger partial charge in [-0.25, -0.2) is 0 Å². The zero-order valence-electron chi connectivity index (χ0n) is 15.6. The predicted octanol–water partition coefficient (Wildman–Crippen LogP) is 3.32. The summed E-state index contributed by atoms with van der Waals surface area (Å²) >= 11 is 0. The Bertz CT molecular complexity index is 752. The van der Waals surface area contributed by atoms with E-state index in [-0.39, 0.29) is 23.5 Å². The average molecular weight is 353 g/mol. The van der Waals surface area contributed by atoms with E-state index < -0.39 is 0 Å². The fourth-order valence-corrected chi connectivity index (χ4v) is 3.66. The lowest BCUT2D eigenvalue weighted by Crippen LogP contribution is -2.43. The topological polar surface area (TPSA) is 66.1 Å². The van der Waals surface area contributed by atoms with Gasteiger partial charge in [0.25, 0.3) is 5.91 Å². The normalized spacial score (nSPS) is 17.5. The number of carbonyl (C=O) groups excluding carboxylic acids is 2. The summed E-state index contributed by atoms with van der Waals surface area (Å²) in [6, 6.07) is 10.3. The molecule has 0 aliphatic carbocycles. The summed E-state index contributed by atoms with van der Waals surface area (Å²) in [4.78, 5) is 26.3. The maximum absolute atomic E-state index is 12.5. The van der Waals surface area contributed by atoms with Crippen molar-refractivity contribution in [3.05, 3.63) is 53.3 Å². The first kappa shape index (κ1) is 18.4. The van der Waals surface area contributed by atoms with E-state index in [9.17, 15) is 9.59 Å². The zero-order valence-corrected chi connectivity index (χ0v) is 15.6. The van der Waals surface area contributed by atoms with Gasteiger partial charge in [0.15, 0.2) is 0 Å². The van der Waals surface area contributed by atoms with Gasteiger partial charge in [0.2, 0.25) is 5.78 Å². The van der Waals surface area contributed by atoms with Crippen LogP contribution in [0.4, 0.5) is 0 Å². The third-order valence-electron chi connectivity index (χ3n) is 4.94. The van der Waals surface area contributed by atoms with E-state index in [1.165, 1.54) is 11.1 Å². The summed E-state index contributed by atoms with van der Waals surface area (Å²) in [6.45, 7) is 5.18. The Morgan fingerprint density at radius 2 is 2.04 bits per heavy atom. The van der Waals surface area contributed by atoms with Gasteiger partial charge in [-0.15, -0.1) is 0 Å². The summed E-state index contributed by atoms with van der Waals surface area (Å²) in [5.41, 5.74) is 3.51. The highest BCUT2D eigenvalue weighted by Crippen LogP contribution is 2.29. The number of rotatable bonds is 6. The number of hydrogen-bond acceptors (Lipinski definition) is 3. The number of nitrogens with one attached hydrogen (secondary N) is 1. The number of amides is 1. The van der Waals surface area contributed by atoms with Crippen LogP contribution in [0.5, 0.6) is 0 Å². The van der Waals surface area contributed by atoms with Crippen molar-refractivity contribution in [3.8, 4) is 0 Å². The van der Waals surface area contributed by atoms with Crippen molar-refractivity contribution in [1.29, 1.82) is 0 Å². The molecule has 0 saturated carbocycles. The average Bonchev–Trinajstić information content (AvgIpc) is 3.09. The first-order chi connectivity index (χ1) is 12.5. The van der Waals surface area contributed by atoms with E-state index >= 15 is 0 Å². The Kier molecular flexibility index (Phi) is 5.86. The summed E-state index contributed by atoms with van der Waals surface area (Å²) in [5, 5.41) is 7.39. The molecule has 1 amide bonds. The van der Waals surface area contributed by atoms with Crippen molar-refractivity contribution >= 4 is 11.7 Å². The first-order valence-corrected chi connectivity index (χ1v) is 9.42. The van der Waals surface area contributed by atoms with E-state index in [1.54, 1.807) is 4.90 Å². The fourth-order valence-electron chi connectivity index (χ4n) is 3.66. The summed E-state index contributed by atoms with van der Waals surface area (Å²) < 4.78 is 0. The standard InChI is InChI=1S/C21H27N3O2/c1-15(2)11-19(25)21(26)24-10-6-9-17(14-24)20-18(13-22-23-20)12-16-7-4-3-5-8-16/h3-5,7-8,13,15,17H,6,9-12,14H2,1-2H3,(H,22,23). The van der Waals surface area contributed by atoms with Crippen LogP contribution in [0.2, 0.25) is 0 Å². The first-order valence-electron chi connectivity index (χ1n) is 9.42. The molecular formula is C21H27N3O2. The van der Waals surface area contributed by atoms with Crippen molar-refractivity contribution < 1.29 is 9.59 Å². The number of piperidine rings is 1. The van der Waals surface area contributed by atoms with Crippen LogP contribution in [0.15, 0.2) is 36.5 Å². The molecule has 1 aliphatic heterocycles. The molecule has 1 saturated heterocycles. The van der Waals surface area contributed by atoms with Gasteiger partial charge in [0, 0.05) is 37.5 Å². The minimum absolute atomic E-state index is 0.206. The number of likely N-dealkylation sites (tertiary alicyclic amines) is 1. The second-order valence-corrected chi connectivity index (χ2v) is 7.58. The Labute approximate surface area is 154 Å². The number of aromatic amines is 1. The highest BCUT2D eigenvalue weighted by Gasteiger charge is 2.30. The molecule has 138 valence electrons. The number of nitrogens with zero attached hydrogens (tertiary/aromatic N) is 2. The largest absolute Gasteiger partial charge is 0.335 e. The third-order valence-corrected chi connectivity index (χ3v) is 4.94. The molecule has 1 unspecified atom stereocenters. The van der Waals surface area contributed by atoms with Crippen LogP contribution >= 0.6 is 0 Å². The van der Waals surface area contributed by atoms with Crippen molar-refractivity contribution in [2.24, 2.45) is 5.92 Å². The SMILES string of the molecule is CC(C)CC(=O)C(=O)N1CCCC(c2[nH]ncc2Cc2ccccc2)C1. The van der Waals surface area contributed by atoms with Crippen LogP contribution in [0.3, 0.4) is 0 Å². The van der Waals surface area contributed by atoms with E-state index in [2.05, 4.69) is 22.3 Å². The molecule has 1 aromatic carbocycles. The molecule has 1 fully saturated rings. The lowest BCUT2D eigenvalue weighted by molar-refractivity contribution is -0.145. The van der Waals surface area contributed by atoms with E-state index in [0.29, 0.717) is 19.5 Å². The molecule has 0 radical (unpaired) electrons. The molecule has 0 spiro atoms. The minimum atomic E-state index is -0.326. The number of ketones is 1. The minimum Gasteiger partial charge on any atom is -0.335 e. The van der Waals surface area contributed by atoms with Crippen molar-refractivity contribution in [1.82, 2.24) is 15.1 Å². The molecule has 1 aromatic heterocycles. The van der Waals surface area contributed by atoms with E-state index in [0.717, 1.165) is 25.0 Å². The number of aromatic nitrogens is 2.